The van der Waals surface area contributed by atoms with E-state index in [9.17, 15) is 9.59 Å². The highest BCUT2D eigenvalue weighted by molar-refractivity contribution is 6.17. The highest BCUT2D eigenvalue weighted by Crippen LogP contribution is 2.62. The molecule has 8 heteroatoms. The van der Waals surface area contributed by atoms with E-state index >= 15 is 4.79 Å². The van der Waals surface area contributed by atoms with Crippen LogP contribution in [-0.2, 0) is 10.2 Å². The first-order valence-electron chi connectivity index (χ1n) is 13.3. The lowest BCUT2D eigenvalue weighted by Crippen LogP contribution is -2.49. The van der Waals surface area contributed by atoms with Gasteiger partial charge in [0.15, 0.2) is 11.5 Å². The standard InChI is InChI=1S/C33H26N2O6/c1-39-20-13-14-25(40-2)22(18-20)29(36)27-28(30(37)26-12-7-17-41-26)35-16-15-19-8-3-4-9-21(19)31(35)33(27)23-10-5-6-11-24(23)34-32(33)38/h3-18,27-28,31H,1-2H3,(H,34,38). The maximum Gasteiger partial charge on any atom is 0.238 e. The molecule has 4 unspecified atom stereocenters. The maximum atomic E-state index is 15.0. The Labute approximate surface area is 236 Å². The molecule has 1 N–H and O–H groups in total. The van der Waals surface area contributed by atoms with Crippen molar-refractivity contribution in [1.29, 1.82) is 0 Å². The van der Waals surface area contributed by atoms with Crippen LogP contribution in [0.25, 0.3) is 6.08 Å². The summed E-state index contributed by atoms with van der Waals surface area (Å²) in [5, 5.41) is 3.04. The van der Waals surface area contributed by atoms with Crippen LogP contribution in [0, 0.1) is 5.92 Å². The molecular formula is C33H26N2O6. The van der Waals surface area contributed by atoms with E-state index in [4.69, 9.17) is 13.9 Å². The maximum absolute atomic E-state index is 15.0. The predicted octanol–water partition coefficient (Wildman–Crippen LogP) is 5.28. The van der Waals surface area contributed by atoms with Crippen molar-refractivity contribution in [3.8, 4) is 11.5 Å². The molecule has 7 rings (SSSR count). The number of methoxy groups -OCH3 is 2. The lowest BCUT2D eigenvalue weighted by molar-refractivity contribution is -0.122. The Bertz CT molecular complexity index is 1740. The number of anilines is 1. The smallest absolute Gasteiger partial charge is 0.238 e. The molecule has 0 saturated carbocycles. The Kier molecular flexibility index (Phi) is 5.61. The number of Topliss-reactive ketones (excluding diaryl/α,β-unsaturated/α-hetero) is 2. The van der Waals surface area contributed by atoms with Crippen LogP contribution in [0.1, 0.15) is 43.6 Å². The van der Waals surface area contributed by atoms with E-state index in [1.54, 1.807) is 30.3 Å². The van der Waals surface area contributed by atoms with Crippen molar-refractivity contribution < 1.29 is 28.3 Å². The van der Waals surface area contributed by atoms with E-state index in [0.29, 0.717) is 22.7 Å². The predicted molar refractivity (Wildman–Crippen MR) is 151 cm³/mol. The van der Waals surface area contributed by atoms with Gasteiger partial charge >= 0.3 is 0 Å². The Balaban J connectivity index is 1.56. The van der Waals surface area contributed by atoms with Crippen LogP contribution in [0.5, 0.6) is 11.5 Å². The minimum atomic E-state index is -1.45. The molecular weight excluding hydrogens is 520 g/mol. The van der Waals surface area contributed by atoms with Crippen molar-refractivity contribution in [2.24, 2.45) is 5.92 Å². The molecule has 1 saturated heterocycles. The number of para-hydroxylation sites is 1. The zero-order chi connectivity index (χ0) is 28.3. The van der Waals surface area contributed by atoms with Crippen LogP contribution < -0.4 is 14.8 Å². The van der Waals surface area contributed by atoms with Crippen molar-refractivity contribution >= 4 is 29.2 Å². The quantitative estimate of drug-likeness (QED) is 0.329. The minimum Gasteiger partial charge on any atom is -0.497 e. The molecule has 1 aromatic heterocycles. The number of nitrogens with one attached hydrogen (secondary N) is 1. The van der Waals surface area contributed by atoms with Gasteiger partial charge in [0.25, 0.3) is 0 Å². The fourth-order valence-electron chi connectivity index (χ4n) is 6.91. The van der Waals surface area contributed by atoms with Gasteiger partial charge < -0.3 is 24.1 Å². The Hall–Kier alpha value is -5.11. The molecule has 204 valence electrons. The number of amides is 1. The Morgan fingerprint density at radius 3 is 2.51 bits per heavy atom. The van der Waals surface area contributed by atoms with Crippen LogP contribution in [0.2, 0.25) is 0 Å². The number of benzene rings is 3. The number of ketones is 2. The molecule has 8 nitrogen and oxygen atoms in total. The number of carbonyl (C=O) groups is 3. The SMILES string of the molecule is COc1ccc(OC)c(C(=O)C2C(C(=O)c3ccco3)N3C=Cc4ccccc4C3C23C(=O)Nc2ccccc23)c1. The molecule has 4 atom stereocenters. The average molecular weight is 547 g/mol. The highest BCUT2D eigenvalue weighted by Gasteiger charge is 2.71. The molecule has 3 aliphatic heterocycles. The lowest BCUT2D eigenvalue weighted by atomic mass is 9.62. The monoisotopic (exact) mass is 546 g/mol. The summed E-state index contributed by atoms with van der Waals surface area (Å²) in [5.74, 6) is -1.40. The number of ether oxygens (including phenoxy) is 2. The fraction of sp³-hybridized carbons (Fsp3) is 0.182. The lowest BCUT2D eigenvalue weighted by Gasteiger charge is -2.38. The molecule has 0 aliphatic carbocycles. The van der Waals surface area contributed by atoms with Crippen molar-refractivity contribution in [3.05, 3.63) is 119 Å². The van der Waals surface area contributed by atoms with Gasteiger partial charge in [-0.25, -0.2) is 0 Å². The van der Waals surface area contributed by atoms with E-state index in [1.165, 1.54) is 20.5 Å². The summed E-state index contributed by atoms with van der Waals surface area (Å²) >= 11 is 0. The normalized spacial score (nSPS) is 23.5. The van der Waals surface area contributed by atoms with Gasteiger partial charge in [0, 0.05) is 11.9 Å². The first kappa shape index (κ1) is 24.9. The van der Waals surface area contributed by atoms with Crippen molar-refractivity contribution in [1.82, 2.24) is 4.90 Å². The summed E-state index contributed by atoms with van der Waals surface area (Å²) in [4.78, 5) is 45.7. The summed E-state index contributed by atoms with van der Waals surface area (Å²) < 4.78 is 16.6. The molecule has 41 heavy (non-hydrogen) atoms. The summed E-state index contributed by atoms with van der Waals surface area (Å²) in [5.41, 5.74) is 1.83. The fourth-order valence-corrected chi connectivity index (χ4v) is 6.91. The van der Waals surface area contributed by atoms with Crippen molar-refractivity contribution in [2.75, 3.05) is 19.5 Å². The van der Waals surface area contributed by atoms with Crippen molar-refractivity contribution in [2.45, 2.75) is 17.5 Å². The van der Waals surface area contributed by atoms with Crippen LogP contribution in [0.3, 0.4) is 0 Å². The second kappa shape index (κ2) is 9.23. The zero-order valence-electron chi connectivity index (χ0n) is 22.4. The number of nitrogens with zero attached hydrogens (tertiary/aromatic N) is 1. The Morgan fingerprint density at radius 1 is 0.927 bits per heavy atom. The van der Waals surface area contributed by atoms with Gasteiger partial charge in [-0.2, -0.15) is 0 Å². The van der Waals surface area contributed by atoms with Crippen LogP contribution in [-0.4, -0.2) is 42.6 Å². The van der Waals surface area contributed by atoms with Gasteiger partial charge in [0.05, 0.1) is 38.0 Å². The summed E-state index contributed by atoms with van der Waals surface area (Å²) in [6.45, 7) is 0. The van der Waals surface area contributed by atoms with E-state index in [1.807, 2.05) is 65.7 Å². The molecule has 3 aromatic carbocycles. The van der Waals surface area contributed by atoms with Crippen LogP contribution in [0.15, 0.2) is 95.7 Å². The number of fused-ring (bicyclic) bond motifs is 6. The minimum absolute atomic E-state index is 0.111. The second-order valence-corrected chi connectivity index (χ2v) is 10.4. The molecule has 4 heterocycles. The number of carbonyl (C=O) groups excluding carboxylic acids is 3. The molecule has 1 fully saturated rings. The highest BCUT2D eigenvalue weighted by atomic mass is 16.5. The Morgan fingerprint density at radius 2 is 1.73 bits per heavy atom. The first-order valence-corrected chi connectivity index (χ1v) is 13.3. The summed E-state index contributed by atoms with van der Waals surface area (Å²) in [7, 11) is 2.99. The molecule has 1 spiro atoms. The summed E-state index contributed by atoms with van der Waals surface area (Å²) in [6, 6.07) is 21.6. The molecule has 1 amide bonds. The van der Waals surface area contributed by atoms with E-state index in [0.717, 1.165) is 11.1 Å². The molecule has 0 radical (unpaired) electrons. The first-order chi connectivity index (χ1) is 20.0. The van der Waals surface area contributed by atoms with Gasteiger partial charge in [0.1, 0.15) is 23.0 Å². The van der Waals surface area contributed by atoms with E-state index in [-0.39, 0.29) is 17.2 Å². The second-order valence-electron chi connectivity index (χ2n) is 10.4. The largest absolute Gasteiger partial charge is 0.497 e. The summed E-state index contributed by atoms with van der Waals surface area (Å²) in [6.07, 6.45) is 5.17. The zero-order valence-corrected chi connectivity index (χ0v) is 22.4. The average Bonchev–Trinajstić information content (AvgIpc) is 3.73. The number of hydrogen-bond donors (Lipinski definition) is 1. The van der Waals surface area contributed by atoms with Gasteiger partial charge in [-0.05, 0) is 59.2 Å². The number of furan rings is 1. The van der Waals surface area contributed by atoms with Gasteiger partial charge in [0.2, 0.25) is 11.7 Å². The molecule has 3 aliphatic rings. The molecule has 0 bridgehead atoms. The van der Waals surface area contributed by atoms with Gasteiger partial charge in [-0.1, -0.05) is 42.5 Å². The molecule has 4 aromatic rings. The van der Waals surface area contributed by atoms with Crippen molar-refractivity contribution in [3.63, 3.8) is 0 Å². The third-order valence-corrected chi connectivity index (χ3v) is 8.56. The van der Waals surface area contributed by atoms with E-state index in [2.05, 4.69) is 5.32 Å². The van der Waals surface area contributed by atoms with Crippen LogP contribution >= 0.6 is 0 Å². The van der Waals surface area contributed by atoms with Gasteiger partial charge in [-0.15, -0.1) is 0 Å². The number of rotatable bonds is 6. The third kappa shape index (κ3) is 3.37. The topological polar surface area (TPSA) is 98.1 Å². The third-order valence-electron chi connectivity index (χ3n) is 8.56. The van der Waals surface area contributed by atoms with Gasteiger partial charge in [-0.3, -0.25) is 14.4 Å². The van der Waals surface area contributed by atoms with E-state index < -0.39 is 35.0 Å². The number of hydrogen-bond acceptors (Lipinski definition) is 7. The van der Waals surface area contributed by atoms with Crippen LogP contribution in [0.4, 0.5) is 5.69 Å².